The smallest absolute Gasteiger partial charge is 0.255 e. The fraction of sp³-hybridized carbons (Fsp3) is 0.0889. The number of carbonyl (C=O) groups excluding carboxylic acids is 1. The number of hydrogen-bond acceptors (Lipinski definition) is 10. The Morgan fingerprint density at radius 3 is 1.60 bits per heavy atom. The second kappa shape index (κ2) is 16.8. The number of benzene rings is 5. The molecular weight excluding hydrogens is 725 g/mol. The van der Waals surface area contributed by atoms with Crippen molar-refractivity contribution in [3.63, 3.8) is 0 Å². The molecule has 1 amide bonds. The van der Waals surface area contributed by atoms with Crippen LogP contribution in [0.25, 0.3) is 33.7 Å². The third kappa shape index (κ3) is 8.48. The van der Waals surface area contributed by atoms with Gasteiger partial charge in [-0.3, -0.25) is 23.9 Å². The Bertz CT molecular complexity index is 2790. The summed E-state index contributed by atoms with van der Waals surface area (Å²) in [4.78, 5) is 39.5. The lowest BCUT2D eigenvalue weighted by Crippen LogP contribution is -2.11. The number of imidazole rings is 2. The highest BCUT2D eigenvalue weighted by Gasteiger charge is 2.13. The Labute approximate surface area is 334 Å². The predicted molar refractivity (Wildman–Crippen MR) is 229 cm³/mol. The van der Waals surface area contributed by atoms with Gasteiger partial charge in [-0.05, 0) is 73.5 Å². The van der Waals surface area contributed by atoms with E-state index < -0.39 is 0 Å². The van der Waals surface area contributed by atoms with Gasteiger partial charge in [-0.1, -0.05) is 78.9 Å². The van der Waals surface area contributed by atoms with Crippen LogP contribution in [0.3, 0.4) is 0 Å². The van der Waals surface area contributed by atoms with Crippen LogP contribution in [0.15, 0.2) is 165 Å². The van der Waals surface area contributed by atoms with E-state index in [1.807, 2.05) is 100 Å². The average Bonchev–Trinajstić information content (AvgIpc) is 3.89. The number of anilines is 4. The number of nitrogen functional groups attached to an aromatic ring is 1. The van der Waals surface area contributed by atoms with Crippen LogP contribution in [0.2, 0.25) is 0 Å². The van der Waals surface area contributed by atoms with Crippen LogP contribution in [0.5, 0.6) is 0 Å². The van der Waals surface area contributed by atoms with Crippen molar-refractivity contribution in [2.45, 2.75) is 25.9 Å². The fourth-order valence-corrected chi connectivity index (χ4v) is 6.44. The molecule has 0 bridgehead atoms. The molecule has 5 aromatic carbocycles. The molecule has 0 aliphatic heterocycles. The molecule has 0 spiro atoms. The lowest BCUT2D eigenvalue weighted by molar-refractivity contribution is 0.102. The molecule has 0 unspecified atom stereocenters. The summed E-state index contributed by atoms with van der Waals surface area (Å²) in [5.41, 5.74) is 13.6. The summed E-state index contributed by atoms with van der Waals surface area (Å²) in [6.45, 7) is 4.18. The molecule has 0 aliphatic carbocycles. The van der Waals surface area contributed by atoms with Crippen molar-refractivity contribution >= 4 is 51.0 Å². The molecule has 58 heavy (non-hydrogen) atoms. The summed E-state index contributed by atoms with van der Waals surface area (Å²) in [6.07, 6.45) is 10.3. The van der Waals surface area contributed by atoms with Crippen molar-refractivity contribution in [2.24, 2.45) is 0 Å². The maximum Gasteiger partial charge on any atom is 0.255 e. The van der Waals surface area contributed by atoms with E-state index in [1.165, 1.54) is 5.56 Å². The molecule has 9 rings (SSSR count). The third-order valence-electron chi connectivity index (χ3n) is 9.48. The topological polar surface area (TPSA) is 166 Å². The zero-order valence-electron chi connectivity index (χ0n) is 31.8. The number of rotatable bonds is 10. The summed E-state index contributed by atoms with van der Waals surface area (Å²) >= 11 is 0. The summed E-state index contributed by atoms with van der Waals surface area (Å²) in [5.74, 6) is 2.54. The summed E-state index contributed by atoms with van der Waals surface area (Å²) in [6, 6.07) is 40.9. The Morgan fingerprint density at radius 2 is 1.07 bits per heavy atom. The minimum absolute atomic E-state index is 0.0788. The maximum atomic E-state index is 12.5. The van der Waals surface area contributed by atoms with Crippen molar-refractivity contribution in [3.05, 3.63) is 182 Å². The van der Waals surface area contributed by atoms with Gasteiger partial charge in [-0.25, -0.2) is 19.9 Å². The van der Waals surface area contributed by atoms with E-state index >= 15 is 0 Å². The lowest BCUT2D eigenvalue weighted by atomic mass is 10.1. The van der Waals surface area contributed by atoms with E-state index in [2.05, 4.69) is 79.0 Å². The fourth-order valence-electron chi connectivity index (χ4n) is 6.44. The SMILES string of the molecule is C[C@H](Nc1cncc(-n2cnc3ccc(N)cc32)n1)c1ccccc1.C[C@H](Nc1cncc(-n2cnc3ccc(NC(=O)c4ccccc4)cc32)n1)c1ccccc1. The Hall–Kier alpha value is -7.93. The first-order valence-corrected chi connectivity index (χ1v) is 18.7. The predicted octanol–water partition coefficient (Wildman–Crippen LogP) is 8.81. The van der Waals surface area contributed by atoms with Crippen molar-refractivity contribution in [1.82, 2.24) is 39.0 Å². The van der Waals surface area contributed by atoms with Crippen LogP contribution in [-0.2, 0) is 0 Å². The second-order valence-corrected chi connectivity index (χ2v) is 13.6. The van der Waals surface area contributed by atoms with Gasteiger partial charge in [0.05, 0.1) is 46.9 Å². The second-order valence-electron chi connectivity index (χ2n) is 13.6. The van der Waals surface area contributed by atoms with Crippen LogP contribution >= 0.6 is 0 Å². The first-order chi connectivity index (χ1) is 28.4. The first kappa shape index (κ1) is 37.0. The molecule has 5 N–H and O–H groups in total. The third-order valence-corrected chi connectivity index (χ3v) is 9.48. The van der Waals surface area contributed by atoms with Crippen molar-refractivity contribution < 1.29 is 4.79 Å². The number of hydrogen-bond donors (Lipinski definition) is 4. The number of amides is 1. The van der Waals surface area contributed by atoms with E-state index in [4.69, 9.17) is 10.7 Å². The van der Waals surface area contributed by atoms with Crippen LogP contribution in [0.4, 0.5) is 23.0 Å². The molecule has 0 aliphatic rings. The largest absolute Gasteiger partial charge is 0.399 e. The zero-order chi connectivity index (χ0) is 39.8. The molecule has 0 radical (unpaired) electrons. The van der Waals surface area contributed by atoms with E-state index in [0.29, 0.717) is 40.2 Å². The van der Waals surface area contributed by atoms with Gasteiger partial charge in [0.2, 0.25) is 0 Å². The van der Waals surface area contributed by atoms with Crippen LogP contribution in [0, 0.1) is 0 Å². The van der Waals surface area contributed by atoms with Gasteiger partial charge in [0.25, 0.3) is 5.91 Å². The molecule has 9 aromatic rings. The van der Waals surface area contributed by atoms with E-state index in [1.54, 1.807) is 49.6 Å². The van der Waals surface area contributed by atoms with Gasteiger partial charge in [-0.15, -0.1) is 0 Å². The normalized spacial score (nSPS) is 12.0. The number of nitrogens with one attached hydrogen (secondary N) is 3. The van der Waals surface area contributed by atoms with Crippen molar-refractivity contribution in [1.29, 1.82) is 0 Å². The zero-order valence-corrected chi connectivity index (χ0v) is 31.8. The van der Waals surface area contributed by atoms with E-state index in [0.717, 1.165) is 27.6 Å². The minimum Gasteiger partial charge on any atom is -0.399 e. The molecule has 4 aromatic heterocycles. The maximum absolute atomic E-state index is 12.5. The van der Waals surface area contributed by atoms with Gasteiger partial charge in [0.1, 0.15) is 24.3 Å². The van der Waals surface area contributed by atoms with E-state index in [9.17, 15) is 4.79 Å². The van der Waals surface area contributed by atoms with Gasteiger partial charge < -0.3 is 21.7 Å². The number of fused-ring (bicyclic) bond motifs is 2. The molecule has 4 heterocycles. The van der Waals surface area contributed by atoms with Gasteiger partial charge in [-0.2, -0.15) is 0 Å². The molecule has 0 saturated carbocycles. The molecular formula is C45H40N12O. The van der Waals surface area contributed by atoms with Crippen LogP contribution < -0.4 is 21.7 Å². The standard InChI is InChI=1S/C26H22N6O.C19H18N6/c1-18(19-8-4-2-5-9-19)29-24-15-27-16-25(31-24)32-17-28-22-13-12-21(14-23(22)32)30-26(33)20-10-6-3-7-11-20;1-13(14-5-3-2-4-6-14)23-18-10-21-11-19(24-18)25-12-22-16-8-7-15(20)9-17(16)25/h2-18H,1H3,(H,29,31)(H,30,33);2-13H,20H2,1H3,(H,23,24)/t18-;13-/m00/s1. The number of aromatic nitrogens is 8. The van der Waals surface area contributed by atoms with Crippen LogP contribution in [0.1, 0.15) is 47.4 Å². The van der Waals surface area contributed by atoms with Gasteiger partial charge in [0, 0.05) is 29.0 Å². The van der Waals surface area contributed by atoms with Gasteiger partial charge >= 0.3 is 0 Å². The highest BCUT2D eigenvalue weighted by molar-refractivity contribution is 6.05. The summed E-state index contributed by atoms with van der Waals surface area (Å²) in [5, 5.41) is 9.73. The lowest BCUT2D eigenvalue weighted by Gasteiger charge is -2.15. The first-order valence-electron chi connectivity index (χ1n) is 18.7. The highest BCUT2D eigenvalue weighted by atomic mass is 16.1. The van der Waals surface area contributed by atoms with Crippen molar-refractivity contribution in [2.75, 3.05) is 21.7 Å². The van der Waals surface area contributed by atoms with Crippen LogP contribution in [-0.4, -0.2) is 44.9 Å². The quantitative estimate of drug-likeness (QED) is 0.0989. The molecule has 0 fully saturated rings. The summed E-state index contributed by atoms with van der Waals surface area (Å²) in [7, 11) is 0. The van der Waals surface area contributed by atoms with Gasteiger partial charge in [0.15, 0.2) is 11.6 Å². The Balaban J connectivity index is 0.000000168. The number of nitrogens with zero attached hydrogens (tertiary/aromatic N) is 8. The highest BCUT2D eigenvalue weighted by Crippen LogP contribution is 2.24. The summed E-state index contributed by atoms with van der Waals surface area (Å²) < 4.78 is 3.75. The molecule has 286 valence electrons. The molecule has 13 heteroatoms. The average molecular weight is 765 g/mol. The Kier molecular flexibility index (Phi) is 10.7. The molecule has 0 saturated heterocycles. The minimum atomic E-state index is -0.165. The van der Waals surface area contributed by atoms with E-state index in [-0.39, 0.29) is 18.0 Å². The molecule has 2 atom stereocenters. The molecule has 13 nitrogen and oxygen atoms in total. The monoisotopic (exact) mass is 764 g/mol. The number of nitrogens with two attached hydrogens (primary N) is 1. The Morgan fingerprint density at radius 1 is 0.586 bits per heavy atom. The van der Waals surface area contributed by atoms with Crippen molar-refractivity contribution in [3.8, 4) is 11.6 Å². The number of carbonyl (C=O) groups is 1.